The molecule has 1 unspecified atom stereocenters. The van der Waals surface area contributed by atoms with Gasteiger partial charge in [0.25, 0.3) is 0 Å². The molecule has 1 aromatic carbocycles. The van der Waals surface area contributed by atoms with Crippen LogP contribution in [0.1, 0.15) is 18.4 Å². The van der Waals surface area contributed by atoms with E-state index in [-0.39, 0.29) is 0 Å². The zero-order chi connectivity index (χ0) is 13.9. The van der Waals surface area contributed by atoms with Crippen molar-refractivity contribution in [3.05, 3.63) is 22.7 Å². The van der Waals surface area contributed by atoms with Gasteiger partial charge in [-0.25, -0.2) is 0 Å². The normalized spacial score (nSPS) is 22.1. The Bertz CT molecular complexity index is 475. The first-order chi connectivity index (χ1) is 9.74. The summed E-state index contributed by atoms with van der Waals surface area (Å²) in [5.74, 6) is 1.47. The van der Waals surface area contributed by atoms with Crippen LogP contribution in [-0.2, 0) is 6.54 Å². The molecule has 0 spiro atoms. The fraction of sp³-hybridized carbons (Fsp3) is 0.600. The largest absolute Gasteiger partial charge is 0.489 e. The van der Waals surface area contributed by atoms with E-state index in [0.29, 0.717) is 30.0 Å². The summed E-state index contributed by atoms with van der Waals surface area (Å²) in [6, 6.07) is 4.66. The van der Waals surface area contributed by atoms with Crippen molar-refractivity contribution >= 4 is 11.6 Å². The van der Waals surface area contributed by atoms with Gasteiger partial charge in [-0.2, -0.15) is 0 Å². The number of likely N-dealkylation sites (N-methyl/N-ethyl adjacent to an activating group) is 1. The van der Waals surface area contributed by atoms with Gasteiger partial charge in [0, 0.05) is 25.6 Å². The molecule has 2 heterocycles. The SMILES string of the molecule is CN(Cc1cc(Cl)c2c(c1)OCCCO2)C1CCNC1. The van der Waals surface area contributed by atoms with Crippen LogP contribution >= 0.6 is 11.6 Å². The highest BCUT2D eigenvalue weighted by molar-refractivity contribution is 6.32. The second-order valence-corrected chi connectivity index (χ2v) is 5.92. The summed E-state index contributed by atoms with van der Waals surface area (Å²) in [6.45, 7) is 4.41. The molecule has 2 aliphatic heterocycles. The molecule has 0 saturated carbocycles. The van der Waals surface area contributed by atoms with Crippen LogP contribution in [0.4, 0.5) is 0 Å². The first-order valence-corrected chi connectivity index (χ1v) is 7.61. The summed E-state index contributed by atoms with van der Waals surface area (Å²) in [4.78, 5) is 2.37. The highest BCUT2D eigenvalue weighted by atomic mass is 35.5. The molecule has 0 bridgehead atoms. The van der Waals surface area contributed by atoms with Crippen molar-refractivity contribution in [2.75, 3.05) is 33.4 Å². The molecule has 20 heavy (non-hydrogen) atoms. The third-order valence-electron chi connectivity index (χ3n) is 3.95. The summed E-state index contributed by atoms with van der Waals surface area (Å²) in [7, 11) is 2.16. The minimum Gasteiger partial charge on any atom is -0.489 e. The van der Waals surface area contributed by atoms with Gasteiger partial charge in [0.2, 0.25) is 0 Å². The summed E-state index contributed by atoms with van der Waals surface area (Å²) in [6.07, 6.45) is 2.10. The van der Waals surface area contributed by atoms with Crippen molar-refractivity contribution in [1.82, 2.24) is 10.2 Å². The van der Waals surface area contributed by atoms with Gasteiger partial charge in [-0.1, -0.05) is 11.6 Å². The molecule has 4 nitrogen and oxygen atoms in total. The van der Waals surface area contributed by atoms with E-state index in [0.717, 1.165) is 31.8 Å². The minimum atomic E-state index is 0.602. The Morgan fingerprint density at radius 2 is 2.20 bits per heavy atom. The first-order valence-electron chi connectivity index (χ1n) is 7.23. The fourth-order valence-corrected chi connectivity index (χ4v) is 3.10. The quantitative estimate of drug-likeness (QED) is 0.928. The fourth-order valence-electron chi connectivity index (χ4n) is 2.81. The molecular formula is C15H21ClN2O2. The lowest BCUT2D eigenvalue weighted by atomic mass is 10.1. The maximum atomic E-state index is 6.33. The van der Waals surface area contributed by atoms with E-state index < -0.39 is 0 Å². The number of hydrogen-bond acceptors (Lipinski definition) is 4. The molecule has 2 aliphatic rings. The van der Waals surface area contributed by atoms with Gasteiger partial charge in [-0.3, -0.25) is 4.90 Å². The van der Waals surface area contributed by atoms with Crippen LogP contribution in [0.3, 0.4) is 0 Å². The highest BCUT2D eigenvalue weighted by Crippen LogP contribution is 2.38. The van der Waals surface area contributed by atoms with Crippen molar-refractivity contribution in [2.24, 2.45) is 0 Å². The molecule has 5 heteroatoms. The summed E-state index contributed by atoms with van der Waals surface area (Å²) in [5.41, 5.74) is 1.17. The number of fused-ring (bicyclic) bond motifs is 1. The monoisotopic (exact) mass is 296 g/mol. The average molecular weight is 297 g/mol. The van der Waals surface area contributed by atoms with Crippen LogP contribution in [-0.4, -0.2) is 44.3 Å². The standard InChI is InChI=1S/C15H21ClN2O2/c1-18(12-3-4-17-9-12)10-11-7-13(16)15-14(8-11)19-5-2-6-20-15/h7-8,12,17H,2-6,9-10H2,1H3. The first kappa shape index (κ1) is 14.0. The summed E-state index contributed by atoms with van der Waals surface area (Å²) in [5, 5.41) is 4.05. The summed E-state index contributed by atoms with van der Waals surface area (Å²) >= 11 is 6.33. The van der Waals surface area contributed by atoms with Crippen LogP contribution in [0.25, 0.3) is 0 Å². The molecular weight excluding hydrogens is 276 g/mol. The third kappa shape index (κ3) is 3.03. The second-order valence-electron chi connectivity index (χ2n) is 5.52. The Labute approximate surface area is 125 Å². The highest BCUT2D eigenvalue weighted by Gasteiger charge is 2.21. The van der Waals surface area contributed by atoms with Crippen molar-refractivity contribution < 1.29 is 9.47 Å². The van der Waals surface area contributed by atoms with Crippen LogP contribution < -0.4 is 14.8 Å². The Morgan fingerprint density at radius 1 is 1.35 bits per heavy atom. The molecule has 1 fully saturated rings. The maximum absolute atomic E-state index is 6.33. The van der Waals surface area contributed by atoms with Crippen LogP contribution in [0.2, 0.25) is 5.02 Å². The number of nitrogens with one attached hydrogen (secondary N) is 1. The van der Waals surface area contributed by atoms with Crippen molar-refractivity contribution in [3.8, 4) is 11.5 Å². The zero-order valence-electron chi connectivity index (χ0n) is 11.8. The van der Waals surface area contributed by atoms with Gasteiger partial charge in [0.05, 0.1) is 18.2 Å². The van der Waals surface area contributed by atoms with Gasteiger partial charge in [-0.05, 0) is 37.7 Å². The Morgan fingerprint density at radius 3 is 3.00 bits per heavy atom. The molecule has 0 aliphatic carbocycles. The molecule has 1 saturated heterocycles. The van der Waals surface area contributed by atoms with Crippen molar-refractivity contribution in [2.45, 2.75) is 25.4 Å². The smallest absolute Gasteiger partial charge is 0.179 e. The number of nitrogens with zero attached hydrogens (tertiary/aromatic N) is 1. The molecule has 1 N–H and O–H groups in total. The number of rotatable bonds is 3. The van der Waals surface area contributed by atoms with E-state index >= 15 is 0 Å². The molecule has 1 atom stereocenters. The summed E-state index contributed by atoms with van der Waals surface area (Å²) < 4.78 is 11.4. The lowest BCUT2D eigenvalue weighted by molar-refractivity contribution is 0.248. The van der Waals surface area contributed by atoms with Crippen LogP contribution in [0.15, 0.2) is 12.1 Å². The van der Waals surface area contributed by atoms with Gasteiger partial charge >= 0.3 is 0 Å². The minimum absolute atomic E-state index is 0.602. The average Bonchev–Trinajstić information content (AvgIpc) is 2.85. The molecule has 3 rings (SSSR count). The third-order valence-corrected chi connectivity index (χ3v) is 4.23. The Balaban J connectivity index is 1.76. The van der Waals surface area contributed by atoms with Gasteiger partial charge in [0.15, 0.2) is 11.5 Å². The van der Waals surface area contributed by atoms with E-state index in [1.807, 2.05) is 6.07 Å². The predicted octanol–water partition coefficient (Wildman–Crippen LogP) is 2.29. The van der Waals surface area contributed by atoms with Gasteiger partial charge < -0.3 is 14.8 Å². The van der Waals surface area contributed by atoms with E-state index in [9.17, 15) is 0 Å². The van der Waals surface area contributed by atoms with E-state index in [1.54, 1.807) is 0 Å². The molecule has 0 amide bonds. The molecule has 110 valence electrons. The van der Waals surface area contributed by atoms with Gasteiger partial charge in [-0.15, -0.1) is 0 Å². The van der Waals surface area contributed by atoms with Crippen molar-refractivity contribution in [3.63, 3.8) is 0 Å². The number of halogens is 1. The Hall–Kier alpha value is -0.970. The molecule has 1 aromatic rings. The predicted molar refractivity (Wildman–Crippen MR) is 79.8 cm³/mol. The van der Waals surface area contributed by atoms with E-state index in [1.165, 1.54) is 12.0 Å². The number of hydrogen-bond donors (Lipinski definition) is 1. The van der Waals surface area contributed by atoms with Gasteiger partial charge in [0.1, 0.15) is 0 Å². The zero-order valence-corrected chi connectivity index (χ0v) is 12.6. The number of ether oxygens (including phenoxy) is 2. The van der Waals surface area contributed by atoms with Crippen molar-refractivity contribution in [1.29, 1.82) is 0 Å². The maximum Gasteiger partial charge on any atom is 0.179 e. The van der Waals surface area contributed by atoms with Crippen LogP contribution in [0, 0.1) is 0 Å². The molecule has 0 aromatic heterocycles. The Kier molecular flexibility index (Phi) is 4.34. The van der Waals surface area contributed by atoms with E-state index in [4.69, 9.17) is 21.1 Å². The lowest BCUT2D eigenvalue weighted by Gasteiger charge is -2.24. The second kappa shape index (κ2) is 6.20. The van der Waals surface area contributed by atoms with Crippen LogP contribution in [0.5, 0.6) is 11.5 Å². The number of benzene rings is 1. The lowest BCUT2D eigenvalue weighted by Crippen LogP contribution is -2.32. The molecule has 0 radical (unpaired) electrons. The topological polar surface area (TPSA) is 33.7 Å². The van der Waals surface area contributed by atoms with E-state index in [2.05, 4.69) is 23.3 Å².